The first-order valence-corrected chi connectivity index (χ1v) is 8.48. The van der Waals surface area contributed by atoms with E-state index >= 15 is 0 Å². The van der Waals surface area contributed by atoms with E-state index in [1.54, 1.807) is 0 Å². The highest BCUT2D eigenvalue weighted by Crippen LogP contribution is 2.21. The number of para-hydroxylation sites is 1. The van der Waals surface area contributed by atoms with Gasteiger partial charge in [0.25, 0.3) is 0 Å². The molecule has 0 fully saturated rings. The Balaban J connectivity index is 1.54. The molecule has 0 spiro atoms. The van der Waals surface area contributed by atoms with Gasteiger partial charge in [-0.2, -0.15) is 0 Å². The summed E-state index contributed by atoms with van der Waals surface area (Å²) in [6, 6.07) is 22.6. The van der Waals surface area contributed by atoms with Crippen molar-refractivity contribution in [2.45, 2.75) is 13.0 Å². The molecule has 0 bridgehead atoms. The third-order valence-electron chi connectivity index (χ3n) is 4.73. The van der Waals surface area contributed by atoms with E-state index in [0.29, 0.717) is 13.0 Å². The van der Waals surface area contributed by atoms with Crippen molar-refractivity contribution < 1.29 is 4.79 Å². The van der Waals surface area contributed by atoms with Gasteiger partial charge >= 0.3 is 0 Å². The van der Waals surface area contributed by atoms with E-state index in [2.05, 4.69) is 41.4 Å². The van der Waals surface area contributed by atoms with Crippen molar-refractivity contribution in [3.05, 3.63) is 84.1 Å². The predicted molar refractivity (Wildman–Crippen MR) is 102 cm³/mol. The van der Waals surface area contributed by atoms with Gasteiger partial charge in [-0.05, 0) is 28.0 Å². The van der Waals surface area contributed by atoms with Crippen LogP contribution in [0.1, 0.15) is 11.1 Å². The third kappa shape index (κ3) is 3.01. The van der Waals surface area contributed by atoms with Gasteiger partial charge in [-0.25, -0.2) is 0 Å². The minimum Gasteiger partial charge on any atom is -0.361 e. The van der Waals surface area contributed by atoms with Gasteiger partial charge in [0.2, 0.25) is 5.91 Å². The van der Waals surface area contributed by atoms with Crippen molar-refractivity contribution in [1.82, 2.24) is 9.88 Å². The molecule has 1 amide bonds. The molecule has 0 aliphatic heterocycles. The van der Waals surface area contributed by atoms with Gasteiger partial charge in [0, 0.05) is 30.7 Å². The number of aromatic nitrogens is 1. The molecule has 1 heterocycles. The van der Waals surface area contributed by atoms with E-state index in [1.807, 2.05) is 48.5 Å². The number of H-pyrrole nitrogens is 1. The molecule has 4 aromatic rings. The summed E-state index contributed by atoms with van der Waals surface area (Å²) in [6.07, 6.45) is 2.35. The van der Waals surface area contributed by atoms with Crippen molar-refractivity contribution in [3.8, 4) is 0 Å². The van der Waals surface area contributed by atoms with Crippen LogP contribution in [0.2, 0.25) is 0 Å². The number of benzene rings is 3. The molecule has 3 nitrogen and oxygen atoms in total. The quantitative estimate of drug-likeness (QED) is 0.587. The van der Waals surface area contributed by atoms with Gasteiger partial charge in [-0.3, -0.25) is 4.79 Å². The zero-order chi connectivity index (χ0) is 17.2. The minimum atomic E-state index is 0.123. The lowest BCUT2D eigenvalue weighted by atomic mass is 10.0. The summed E-state index contributed by atoms with van der Waals surface area (Å²) in [6.45, 7) is 0.614. The molecule has 1 aromatic heterocycles. The third-order valence-corrected chi connectivity index (χ3v) is 4.73. The monoisotopic (exact) mass is 328 g/mol. The largest absolute Gasteiger partial charge is 0.361 e. The Morgan fingerprint density at radius 3 is 2.48 bits per heavy atom. The molecule has 0 saturated carbocycles. The van der Waals surface area contributed by atoms with Crippen molar-refractivity contribution in [2.75, 3.05) is 7.05 Å². The molecule has 0 atom stereocenters. The van der Waals surface area contributed by atoms with Crippen LogP contribution in [-0.4, -0.2) is 22.8 Å². The van der Waals surface area contributed by atoms with Crippen molar-refractivity contribution >= 4 is 27.6 Å². The van der Waals surface area contributed by atoms with Crippen LogP contribution >= 0.6 is 0 Å². The fourth-order valence-electron chi connectivity index (χ4n) is 3.35. The lowest BCUT2D eigenvalue weighted by molar-refractivity contribution is -0.129. The second kappa shape index (κ2) is 6.44. The maximum atomic E-state index is 12.7. The van der Waals surface area contributed by atoms with Crippen LogP contribution in [0.3, 0.4) is 0 Å². The maximum absolute atomic E-state index is 12.7. The van der Waals surface area contributed by atoms with Crippen LogP contribution in [0.4, 0.5) is 0 Å². The molecule has 3 aromatic carbocycles. The van der Waals surface area contributed by atoms with E-state index in [4.69, 9.17) is 0 Å². The van der Waals surface area contributed by atoms with Crippen LogP contribution in [0.15, 0.2) is 72.9 Å². The fourth-order valence-corrected chi connectivity index (χ4v) is 3.35. The average Bonchev–Trinajstić information content (AvgIpc) is 3.05. The molecule has 4 rings (SSSR count). The van der Waals surface area contributed by atoms with Crippen LogP contribution < -0.4 is 0 Å². The van der Waals surface area contributed by atoms with Gasteiger partial charge in [-0.1, -0.05) is 60.7 Å². The van der Waals surface area contributed by atoms with Crippen molar-refractivity contribution in [3.63, 3.8) is 0 Å². The van der Waals surface area contributed by atoms with Crippen molar-refractivity contribution in [1.29, 1.82) is 0 Å². The Morgan fingerprint density at radius 1 is 0.880 bits per heavy atom. The predicted octanol–water partition coefficient (Wildman–Crippen LogP) is 4.52. The summed E-state index contributed by atoms with van der Waals surface area (Å²) in [5, 5.41) is 3.53. The Hall–Kier alpha value is -3.07. The second-order valence-electron chi connectivity index (χ2n) is 6.42. The molecule has 124 valence electrons. The highest BCUT2D eigenvalue weighted by Gasteiger charge is 2.14. The standard InChI is InChI=1S/C22H20N2O/c1-24(15-17-9-6-8-16-7-2-3-10-19(16)17)22(25)13-18-14-23-21-12-5-4-11-20(18)21/h2-12,14,23H,13,15H2,1H3. The van der Waals surface area contributed by atoms with Crippen molar-refractivity contribution in [2.24, 2.45) is 0 Å². The SMILES string of the molecule is CN(Cc1cccc2ccccc12)C(=O)Cc1c[nH]c2ccccc12. The number of nitrogens with one attached hydrogen (secondary N) is 1. The number of nitrogens with zero attached hydrogens (tertiary/aromatic N) is 1. The smallest absolute Gasteiger partial charge is 0.227 e. The van der Waals surface area contributed by atoms with E-state index in [0.717, 1.165) is 16.5 Å². The molecule has 0 unspecified atom stereocenters. The molecule has 3 heteroatoms. The number of hydrogen-bond donors (Lipinski definition) is 1. The maximum Gasteiger partial charge on any atom is 0.227 e. The highest BCUT2D eigenvalue weighted by atomic mass is 16.2. The van der Waals surface area contributed by atoms with Gasteiger partial charge in [0.15, 0.2) is 0 Å². The Labute approximate surface area is 146 Å². The summed E-state index contributed by atoms with van der Waals surface area (Å²) in [5.74, 6) is 0.123. The molecule has 1 N–H and O–H groups in total. The van der Waals surface area contributed by atoms with Gasteiger partial charge in [0.05, 0.1) is 6.42 Å². The Bertz CT molecular complexity index is 1040. The van der Waals surface area contributed by atoms with E-state index in [-0.39, 0.29) is 5.91 Å². The summed E-state index contributed by atoms with van der Waals surface area (Å²) in [5.41, 5.74) is 3.29. The second-order valence-corrected chi connectivity index (χ2v) is 6.42. The minimum absolute atomic E-state index is 0.123. The number of rotatable bonds is 4. The molecule has 0 radical (unpaired) electrons. The van der Waals surface area contributed by atoms with E-state index < -0.39 is 0 Å². The van der Waals surface area contributed by atoms with Gasteiger partial charge < -0.3 is 9.88 Å². The van der Waals surface area contributed by atoms with E-state index in [1.165, 1.54) is 16.3 Å². The van der Waals surface area contributed by atoms with Crippen LogP contribution in [0, 0.1) is 0 Å². The van der Waals surface area contributed by atoms with Gasteiger partial charge in [0.1, 0.15) is 0 Å². The Kier molecular flexibility index (Phi) is 3.98. The number of hydrogen-bond acceptors (Lipinski definition) is 1. The lowest BCUT2D eigenvalue weighted by Crippen LogP contribution is -2.27. The number of aromatic amines is 1. The van der Waals surface area contributed by atoms with Gasteiger partial charge in [-0.15, -0.1) is 0 Å². The first-order valence-electron chi connectivity index (χ1n) is 8.48. The molecular formula is C22H20N2O. The number of amides is 1. The van der Waals surface area contributed by atoms with Crippen LogP contribution in [-0.2, 0) is 17.8 Å². The topological polar surface area (TPSA) is 36.1 Å². The highest BCUT2D eigenvalue weighted by molar-refractivity contribution is 5.89. The number of carbonyl (C=O) groups is 1. The van der Waals surface area contributed by atoms with E-state index in [9.17, 15) is 4.79 Å². The number of carbonyl (C=O) groups excluding carboxylic acids is 1. The normalized spacial score (nSPS) is 11.1. The zero-order valence-corrected chi connectivity index (χ0v) is 14.2. The molecule has 0 aliphatic carbocycles. The number of fused-ring (bicyclic) bond motifs is 2. The first-order chi connectivity index (χ1) is 12.2. The molecular weight excluding hydrogens is 308 g/mol. The summed E-state index contributed by atoms with van der Waals surface area (Å²) < 4.78 is 0. The van der Waals surface area contributed by atoms with Crippen LogP contribution in [0.5, 0.6) is 0 Å². The first kappa shape index (κ1) is 15.5. The average molecular weight is 328 g/mol. The fraction of sp³-hybridized carbons (Fsp3) is 0.136. The molecule has 0 aliphatic rings. The summed E-state index contributed by atoms with van der Waals surface area (Å²) in [4.78, 5) is 17.8. The summed E-state index contributed by atoms with van der Waals surface area (Å²) >= 11 is 0. The molecule has 25 heavy (non-hydrogen) atoms. The van der Waals surface area contributed by atoms with Crippen LogP contribution in [0.25, 0.3) is 21.7 Å². The molecule has 0 saturated heterocycles. The summed E-state index contributed by atoms with van der Waals surface area (Å²) in [7, 11) is 1.87. The zero-order valence-electron chi connectivity index (χ0n) is 14.2. The Morgan fingerprint density at radius 2 is 1.60 bits per heavy atom. The lowest BCUT2D eigenvalue weighted by Gasteiger charge is -2.18. The number of likely N-dealkylation sites (N-methyl/N-ethyl adjacent to an activating group) is 1.